The maximum atomic E-state index is 10.4. The summed E-state index contributed by atoms with van der Waals surface area (Å²) in [7, 11) is 0. The van der Waals surface area contributed by atoms with Gasteiger partial charge in [-0.15, -0.1) is 0 Å². The molecule has 0 heterocycles. The van der Waals surface area contributed by atoms with Gasteiger partial charge in [-0.05, 0) is 26.2 Å². The standard InChI is InChI=1S/C8H15O3/c1-7(11-8(2)10)5-3-4-6-9/h7,9H,1,3-6H2,2H3. The highest BCUT2D eigenvalue weighted by Crippen LogP contribution is 2.03. The number of ether oxygens (including phenoxy) is 1. The zero-order valence-corrected chi connectivity index (χ0v) is 6.88. The lowest BCUT2D eigenvalue weighted by atomic mass is 10.2. The second-order valence-electron chi connectivity index (χ2n) is 2.45. The lowest BCUT2D eigenvalue weighted by Gasteiger charge is -2.09. The van der Waals surface area contributed by atoms with Gasteiger partial charge in [-0.2, -0.15) is 0 Å². The second-order valence-corrected chi connectivity index (χ2v) is 2.45. The molecule has 1 atom stereocenters. The number of unbranched alkanes of at least 4 members (excludes halogenated alkanes) is 1. The summed E-state index contributed by atoms with van der Waals surface area (Å²) in [5.41, 5.74) is 0. The molecule has 0 amide bonds. The molecule has 0 bridgehead atoms. The summed E-state index contributed by atoms with van der Waals surface area (Å²) in [6.45, 7) is 5.18. The molecule has 0 rings (SSSR count). The van der Waals surface area contributed by atoms with Gasteiger partial charge >= 0.3 is 5.97 Å². The van der Waals surface area contributed by atoms with Crippen LogP contribution in [0.15, 0.2) is 0 Å². The number of aliphatic hydroxyl groups is 1. The molecule has 1 unspecified atom stereocenters. The van der Waals surface area contributed by atoms with Crippen molar-refractivity contribution in [2.45, 2.75) is 32.3 Å². The third-order valence-corrected chi connectivity index (χ3v) is 1.27. The zero-order chi connectivity index (χ0) is 8.69. The van der Waals surface area contributed by atoms with E-state index in [-0.39, 0.29) is 18.7 Å². The van der Waals surface area contributed by atoms with Gasteiger partial charge in [0.25, 0.3) is 0 Å². The Bertz CT molecular complexity index is 112. The first-order valence-electron chi connectivity index (χ1n) is 3.78. The van der Waals surface area contributed by atoms with Crippen molar-refractivity contribution in [3.05, 3.63) is 6.92 Å². The van der Waals surface area contributed by atoms with Crippen molar-refractivity contribution in [2.24, 2.45) is 0 Å². The van der Waals surface area contributed by atoms with Crippen LogP contribution >= 0.6 is 0 Å². The van der Waals surface area contributed by atoms with Crippen LogP contribution in [0.4, 0.5) is 0 Å². The van der Waals surface area contributed by atoms with Crippen molar-refractivity contribution in [3.8, 4) is 0 Å². The van der Waals surface area contributed by atoms with E-state index in [4.69, 9.17) is 9.84 Å². The first-order valence-corrected chi connectivity index (χ1v) is 3.78. The Morgan fingerprint density at radius 1 is 1.64 bits per heavy atom. The zero-order valence-electron chi connectivity index (χ0n) is 6.88. The number of esters is 1. The number of aliphatic hydroxyl groups excluding tert-OH is 1. The molecule has 0 saturated carbocycles. The van der Waals surface area contributed by atoms with Crippen LogP contribution in [-0.4, -0.2) is 23.8 Å². The lowest BCUT2D eigenvalue weighted by molar-refractivity contribution is -0.144. The summed E-state index contributed by atoms with van der Waals surface area (Å²) in [5.74, 6) is -0.297. The first-order chi connectivity index (χ1) is 5.16. The Kier molecular flexibility index (Phi) is 5.84. The number of rotatable bonds is 5. The molecule has 65 valence electrons. The number of carbonyl (C=O) groups is 1. The van der Waals surface area contributed by atoms with Crippen LogP contribution < -0.4 is 0 Å². The first kappa shape index (κ1) is 10.4. The average Bonchev–Trinajstić information content (AvgIpc) is 1.86. The molecular weight excluding hydrogens is 144 g/mol. The van der Waals surface area contributed by atoms with Crippen LogP contribution in [0.2, 0.25) is 0 Å². The minimum atomic E-state index is -0.297. The Labute approximate surface area is 67.4 Å². The Morgan fingerprint density at radius 3 is 2.73 bits per heavy atom. The summed E-state index contributed by atoms with van der Waals surface area (Å²) in [6, 6.07) is 0. The molecule has 1 N–H and O–H groups in total. The van der Waals surface area contributed by atoms with Gasteiger partial charge in [0, 0.05) is 13.5 Å². The SMILES string of the molecule is [CH2]C(CCCCO)OC(C)=O. The molecular formula is C8H15O3. The Morgan fingerprint density at radius 2 is 2.27 bits per heavy atom. The molecule has 0 aliphatic rings. The molecule has 3 nitrogen and oxygen atoms in total. The minimum absolute atomic E-state index is 0.187. The van der Waals surface area contributed by atoms with Crippen LogP contribution in [0.25, 0.3) is 0 Å². The molecule has 11 heavy (non-hydrogen) atoms. The van der Waals surface area contributed by atoms with Crippen molar-refractivity contribution in [3.63, 3.8) is 0 Å². The summed E-state index contributed by atoms with van der Waals surface area (Å²) in [6.07, 6.45) is 2.05. The van der Waals surface area contributed by atoms with Crippen LogP contribution in [-0.2, 0) is 9.53 Å². The molecule has 0 aliphatic carbocycles. The predicted octanol–water partition coefficient (Wildman–Crippen LogP) is 0.915. The van der Waals surface area contributed by atoms with Gasteiger partial charge in [0.2, 0.25) is 0 Å². The fourth-order valence-electron chi connectivity index (χ4n) is 0.777. The summed E-state index contributed by atoms with van der Waals surface area (Å²) >= 11 is 0. The van der Waals surface area contributed by atoms with Crippen LogP contribution in [0.5, 0.6) is 0 Å². The van der Waals surface area contributed by atoms with Crippen molar-refractivity contribution >= 4 is 5.97 Å². The fraction of sp³-hybridized carbons (Fsp3) is 0.750. The second kappa shape index (κ2) is 6.16. The highest BCUT2D eigenvalue weighted by molar-refractivity contribution is 5.66. The van der Waals surface area contributed by atoms with E-state index < -0.39 is 0 Å². The Hall–Kier alpha value is -0.570. The highest BCUT2D eigenvalue weighted by atomic mass is 16.5. The topological polar surface area (TPSA) is 46.5 Å². The van der Waals surface area contributed by atoms with Gasteiger partial charge in [-0.3, -0.25) is 4.79 Å². The van der Waals surface area contributed by atoms with E-state index >= 15 is 0 Å². The third-order valence-electron chi connectivity index (χ3n) is 1.27. The van der Waals surface area contributed by atoms with Crippen LogP contribution in [0.3, 0.4) is 0 Å². The molecule has 0 fully saturated rings. The van der Waals surface area contributed by atoms with Crippen molar-refractivity contribution in [1.29, 1.82) is 0 Å². The van der Waals surface area contributed by atoms with Crippen molar-refractivity contribution < 1.29 is 14.6 Å². The minimum Gasteiger partial charge on any atom is -0.463 e. The van der Waals surface area contributed by atoms with E-state index in [9.17, 15) is 4.79 Å². The third kappa shape index (κ3) is 7.33. The predicted molar refractivity (Wildman–Crippen MR) is 41.8 cm³/mol. The van der Waals surface area contributed by atoms with E-state index in [1.807, 2.05) is 0 Å². The summed E-state index contributed by atoms with van der Waals surface area (Å²) in [4.78, 5) is 10.4. The molecule has 0 saturated heterocycles. The van der Waals surface area contributed by atoms with E-state index in [1.165, 1.54) is 6.92 Å². The molecule has 0 aromatic carbocycles. The molecule has 0 spiro atoms. The Balaban J connectivity index is 3.22. The normalized spacial score (nSPS) is 12.6. The van der Waals surface area contributed by atoms with Gasteiger partial charge in [-0.1, -0.05) is 0 Å². The smallest absolute Gasteiger partial charge is 0.302 e. The molecule has 1 radical (unpaired) electrons. The average molecular weight is 159 g/mol. The summed E-state index contributed by atoms with van der Waals surface area (Å²) in [5, 5.41) is 8.43. The molecule has 0 aliphatic heterocycles. The molecule has 0 aromatic rings. The van der Waals surface area contributed by atoms with Crippen molar-refractivity contribution in [2.75, 3.05) is 6.61 Å². The lowest BCUT2D eigenvalue weighted by Crippen LogP contribution is -2.12. The van der Waals surface area contributed by atoms with Crippen molar-refractivity contribution in [1.82, 2.24) is 0 Å². The maximum Gasteiger partial charge on any atom is 0.302 e. The monoisotopic (exact) mass is 159 g/mol. The van der Waals surface area contributed by atoms with Gasteiger partial charge in [0.1, 0.15) is 6.10 Å². The van der Waals surface area contributed by atoms with Crippen LogP contribution in [0, 0.1) is 6.92 Å². The van der Waals surface area contributed by atoms with E-state index in [0.717, 1.165) is 19.3 Å². The summed E-state index contributed by atoms with van der Waals surface area (Å²) < 4.78 is 4.77. The quantitative estimate of drug-likeness (QED) is 0.479. The van der Waals surface area contributed by atoms with Crippen LogP contribution in [0.1, 0.15) is 26.2 Å². The fourth-order valence-corrected chi connectivity index (χ4v) is 0.777. The number of carbonyl (C=O) groups excluding carboxylic acids is 1. The van der Waals surface area contributed by atoms with Gasteiger partial charge in [-0.25, -0.2) is 0 Å². The van der Waals surface area contributed by atoms with E-state index in [0.29, 0.717) is 0 Å². The van der Waals surface area contributed by atoms with Gasteiger partial charge in [0.15, 0.2) is 0 Å². The largest absolute Gasteiger partial charge is 0.463 e. The number of hydrogen-bond acceptors (Lipinski definition) is 3. The van der Waals surface area contributed by atoms with Gasteiger partial charge < -0.3 is 9.84 Å². The molecule has 3 heteroatoms. The molecule has 0 aromatic heterocycles. The van der Waals surface area contributed by atoms with E-state index in [2.05, 4.69) is 6.92 Å². The highest BCUT2D eigenvalue weighted by Gasteiger charge is 2.03. The van der Waals surface area contributed by atoms with Gasteiger partial charge in [0.05, 0.1) is 0 Å². The maximum absolute atomic E-state index is 10.4. The van der Waals surface area contributed by atoms with E-state index in [1.54, 1.807) is 0 Å². The number of hydrogen-bond donors (Lipinski definition) is 1.